The van der Waals surface area contributed by atoms with Gasteiger partial charge in [-0.15, -0.1) is 0 Å². The number of nitrogens with one attached hydrogen (secondary N) is 2. The molecule has 4 rings (SSSR count). The summed E-state index contributed by atoms with van der Waals surface area (Å²) in [7, 11) is -11.2. The van der Waals surface area contributed by atoms with E-state index in [1.165, 1.54) is 35.4 Å². The quantitative estimate of drug-likeness (QED) is 0.276. The van der Waals surface area contributed by atoms with Crippen LogP contribution >= 0.6 is 40.1 Å². The normalized spacial score (nSPS) is 29.3. The Balaban J connectivity index is 1.30. The summed E-state index contributed by atoms with van der Waals surface area (Å²) >= 11 is 10.1. The third-order valence-corrected chi connectivity index (χ3v) is 9.39. The highest BCUT2D eigenvalue weighted by molar-refractivity contribution is 7.71. The number of aromatic amines is 2. The molecular formula is C20H24F2N4O11P2S2-2. The van der Waals surface area contributed by atoms with Crippen molar-refractivity contribution in [2.24, 2.45) is 0 Å². The van der Waals surface area contributed by atoms with Crippen molar-refractivity contribution in [1.29, 1.82) is 0 Å². The van der Waals surface area contributed by atoms with Crippen molar-refractivity contribution in [2.45, 2.75) is 63.7 Å². The number of phosphoric ester groups is 2. The molecule has 0 radical (unpaired) electrons. The smallest absolute Gasteiger partial charge is 0.274 e. The summed E-state index contributed by atoms with van der Waals surface area (Å²) in [6.07, 6.45) is -6.21. The molecule has 41 heavy (non-hydrogen) atoms. The highest BCUT2D eigenvalue weighted by Crippen LogP contribution is 2.56. The molecule has 2 aliphatic rings. The first-order chi connectivity index (χ1) is 19.0. The van der Waals surface area contributed by atoms with Gasteiger partial charge in [-0.05, 0) is 38.3 Å². The molecule has 0 bridgehead atoms. The van der Waals surface area contributed by atoms with Gasteiger partial charge in [0.05, 0.1) is 13.2 Å². The van der Waals surface area contributed by atoms with Gasteiger partial charge in [0.15, 0.2) is 9.54 Å². The van der Waals surface area contributed by atoms with Crippen LogP contribution in [0.15, 0.2) is 22.0 Å². The molecule has 0 spiro atoms. The second-order valence-corrected chi connectivity index (χ2v) is 13.0. The van der Waals surface area contributed by atoms with Crippen LogP contribution in [0.3, 0.4) is 0 Å². The minimum Gasteiger partial charge on any atom is -0.756 e. The second-order valence-electron chi connectivity index (χ2n) is 9.29. The number of alkyl halides is 2. The zero-order chi connectivity index (χ0) is 30.3. The Morgan fingerprint density at radius 1 is 0.878 bits per heavy atom. The third kappa shape index (κ3) is 7.80. The van der Waals surface area contributed by atoms with Crippen molar-refractivity contribution < 1.29 is 50.5 Å². The lowest BCUT2D eigenvalue weighted by atomic mass is 10.2. The largest absolute Gasteiger partial charge is 0.756 e. The first-order valence-electron chi connectivity index (χ1n) is 11.9. The maximum absolute atomic E-state index is 14.5. The van der Waals surface area contributed by atoms with Crippen molar-refractivity contribution >= 4 is 40.1 Å². The van der Waals surface area contributed by atoms with Gasteiger partial charge in [0.1, 0.15) is 37.0 Å². The van der Waals surface area contributed by atoms with Gasteiger partial charge in [-0.25, -0.2) is 13.1 Å². The highest BCUT2D eigenvalue weighted by Gasteiger charge is 2.39. The van der Waals surface area contributed by atoms with Crippen LogP contribution in [0.1, 0.15) is 36.4 Å². The van der Waals surface area contributed by atoms with E-state index in [9.17, 15) is 37.3 Å². The minimum atomic E-state index is -5.62. The van der Waals surface area contributed by atoms with Crippen molar-refractivity contribution in [3.05, 3.63) is 53.8 Å². The summed E-state index contributed by atoms with van der Waals surface area (Å²) < 4.78 is 79.7. The van der Waals surface area contributed by atoms with Gasteiger partial charge >= 0.3 is 0 Å². The number of halogens is 2. The minimum absolute atomic E-state index is 0.0493. The van der Waals surface area contributed by atoms with E-state index in [0.717, 1.165) is 0 Å². The Hall–Kier alpha value is -1.76. The van der Waals surface area contributed by atoms with Gasteiger partial charge in [0.25, 0.3) is 26.8 Å². The van der Waals surface area contributed by atoms with Gasteiger partial charge in [-0.2, -0.15) is 0 Å². The molecule has 228 valence electrons. The van der Waals surface area contributed by atoms with E-state index in [-0.39, 0.29) is 33.5 Å². The number of aryl methyl sites for hydroxylation is 2. The maximum atomic E-state index is 14.5. The Labute approximate surface area is 240 Å². The molecule has 2 fully saturated rings. The lowest BCUT2D eigenvalue weighted by Gasteiger charge is -2.31. The number of H-pyrrole nitrogens is 2. The Morgan fingerprint density at radius 3 is 1.61 bits per heavy atom. The number of nitrogens with zero attached hydrogens (tertiary/aromatic N) is 2. The molecule has 2 saturated heterocycles. The van der Waals surface area contributed by atoms with Crippen LogP contribution in [0.25, 0.3) is 0 Å². The Bertz CT molecular complexity index is 1510. The predicted molar refractivity (Wildman–Crippen MR) is 136 cm³/mol. The summed E-state index contributed by atoms with van der Waals surface area (Å²) in [5, 5.41) is 0. The summed E-state index contributed by atoms with van der Waals surface area (Å²) in [6.45, 7) is 1.09. The van der Waals surface area contributed by atoms with Gasteiger partial charge in [0, 0.05) is 36.4 Å². The van der Waals surface area contributed by atoms with Crippen LogP contribution in [0, 0.1) is 23.4 Å². The van der Waals surface area contributed by atoms with Crippen molar-refractivity contribution in [3.63, 3.8) is 0 Å². The summed E-state index contributed by atoms with van der Waals surface area (Å²) in [4.78, 5) is 52.4. The molecule has 2 aromatic rings. The monoisotopic (exact) mass is 660 g/mol. The first kappa shape index (κ1) is 32.2. The molecule has 2 N–H and O–H groups in total. The van der Waals surface area contributed by atoms with E-state index in [0.29, 0.717) is 0 Å². The zero-order valence-corrected chi connectivity index (χ0v) is 24.7. The van der Waals surface area contributed by atoms with Crippen molar-refractivity contribution in [2.75, 3.05) is 13.2 Å². The number of aromatic nitrogens is 4. The van der Waals surface area contributed by atoms with Crippen LogP contribution in [0.2, 0.25) is 0 Å². The summed E-state index contributed by atoms with van der Waals surface area (Å²) in [6, 6.07) is 0. The standard InChI is InChI=1S/C20H26F2N4O11P2S2/c1-9-5-25(19(40)23-17(9)27)15-3-11(21)13(35-15)7-33-38(29,30)37-39(31,32)34-8-14-12(22)4-16(36-14)26-6-10(2)18(28)24-20(26)41/h5-6,11-16H,3-4,7-8H2,1-2H3,(H,29,30)(H,31,32)(H,23,27,40)(H,24,28,41)/p-2/t11-,12-,13+,14?,15+,16+/m0/s1. The number of hydrogen-bond donors (Lipinski definition) is 2. The van der Waals surface area contributed by atoms with E-state index in [1.54, 1.807) is 0 Å². The lowest BCUT2D eigenvalue weighted by molar-refractivity contribution is -0.246. The Kier molecular flexibility index (Phi) is 9.77. The van der Waals surface area contributed by atoms with Gasteiger partial charge < -0.3 is 28.3 Å². The molecule has 0 saturated carbocycles. The molecule has 8 atom stereocenters. The second kappa shape index (κ2) is 12.5. The van der Waals surface area contributed by atoms with E-state index in [1.807, 2.05) is 0 Å². The molecule has 0 amide bonds. The molecule has 0 aromatic carbocycles. The van der Waals surface area contributed by atoms with Crippen LogP contribution < -0.4 is 20.9 Å². The zero-order valence-electron chi connectivity index (χ0n) is 21.3. The van der Waals surface area contributed by atoms with E-state index in [4.69, 9.17) is 33.9 Å². The highest BCUT2D eigenvalue weighted by atomic mass is 32.1. The van der Waals surface area contributed by atoms with Gasteiger partial charge in [-0.1, -0.05) is 0 Å². The molecular weight excluding hydrogens is 636 g/mol. The fraction of sp³-hybridized carbons (Fsp3) is 0.600. The number of phosphoric acid groups is 2. The summed E-state index contributed by atoms with van der Waals surface area (Å²) in [5.41, 5.74) is -0.337. The average molecular weight is 661 g/mol. The molecule has 3 unspecified atom stereocenters. The average Bonchev–Trinajstić information content (AvgIpc) is 3.42. The molecule has 2 aliphatic heterocycles. The molecule has 0 aliphatic carbocycles. The number of ether oxygens (including phenoxy) is 2. The fourth-order valence-electron chi connectivity index (χ4n) is 4.12. The first-order valence-corrected chi connectivity index (χ1v) is 15.6. The van der Waals surface area contributed by atoms with E-state index in [2.05, 4.69) is 23.3 Å². The maximum Gasteiger partial charge on any atom is 0.274 e. The third-order valence-electron chi connectivity index (χ3n) is 6.23. The van der Waals surface area contributed by atoms with Crippen LogP contribution in [-0.4, -0.2) is 56.9 Å². The van der Waals surface area contributed by atoms with Crippen LogP contribution in [0.5, 0.6) is 0 Å². The van der Waals surface area contributed by atoms with E-state index >= 15 is 0 Å². The molecule has 21 heteroatoms. The number of hydrogen-bond acceptors (Lipinski definition) is 13. The molecule has 2 aromatic heterocycles. The molecule has 15 nitrogen and oxygen atoms in total. The Morgan fingerprint density at radius 2 is 1.24 bits per heavy atom. The van der Waals surface area contributed by atoms with Crippen LogP contribution in [0.4, 0.5) is 8.78 Å². The fourth-order valence-corrected chi connectivity index (χ4v) is 6.66. The predicted octanol–water partition coefficient (Wildman–Crippen LogP) is 1.68. The number of rotatable bonds is 10. The van der Waals surface area contributed by atoms with Crippen molar-refractivity contribution in [1.82, 2.24) is 19.1 Å². The van der Waals surface area contributed by atoms with Gasteiger partial charge in [0.2, 0.25) is 0 Å². The van der Waals surface area contributed by atoms with Gasteiger partial charge in [-0.3, -0.25) is 37.8 Å². The van der Waals surface area contributed by atoms with Crippen LogP contribution in [-0.2, 0) is 32.0 Å². The topological polar surface area (TPSA) is 202 Å². The SMILES string of the molecule is Cc1cn([C@H]2C[C@H](F)C(COP(=O)([O-])OP(=O)([O-])OC[C@H]3O[C@@H](n4cc(C)c(=O)[nH]c4=S)C[C@@H]3F)O2)c(=S)[nH]c1=O. The molecule has 4 heterocycles. The lowest BCUT2D eigenvalue weighted by Crippen LogP contribution is -2.27. The summed E-state index contributed by atoms with van der Waals surface area (Å²) in [5.74, 6) is 0. The van der Waals surface area contributed by atoms with Crippen molar-refractivity contribution in [3.8, 4) is 0 Å². The van der Waals surface area contributed by atoms with E-state index < -0.39 is 77.0 Å².